The minimum atomic E-state index is -0.0313. The molecule has 216 valence electrons. The Labute approximate surface area is 237 Å². The Hall–Kier alpha value is -3.37. The number of aromatic hydroxyl groups is 1. The number of benzene rings is 1. The summed E-state index contributed by atoms with van der Waals surface area (Å²) in [5.74, 6) is 1.49. The van der Waals surface area contributed by atoms with Crippen LogP contribution in [0.5, 0.6) is 11.8 Å². The number of piperazine rings is 1. The zero-order chi connectivity index (χ0) is 28.1. The number of carbonyl (C=O) groups is 1. The number of aromatic nitrogens is 2. The largest absolute Gasteiger partial charge is 0.508 e. The number of hydrogen-bond acceptors (Lipinski definition) is 9. The molecule has 4 heterocycles. The number of phenols is 1. The van der Waals surface area contributed by atoms with Gasteiger partial charge in [0.25, 0.3) is 0 Å². The van der Waals surface area contributed by atoms with E-state index in [4.69, 9.17) is 19.4 Å². The van der Waals surface area contributed by atoms with Gasteiger partial charge in [0.2, 0.25) is 5.91 Å². The van der Waals surface area contributed by atoms with E-state index in [0.29, 0.717) is 51.3 Å². The van der Waals surface area contributed by atoms with Crippen LogP contribution in [-0.4, -0.2) is 103 Å². The number of hydrogen-bond donors (Lipinski definition) is 1. The second-order valence-electron chi connectivity index (χ2n) is 11.0. The summed E-state index contributed by atoms with van der Waals surface area (Å²) in [6, 6.07) is 6.24. The lowest BCUT2D eigenvalue weighted by Gasteiger charge is -2.38. The van der Waals surface area contributed by atoms with Gasteiger partial charge in [-0.2, -0.15) is 9.97 Å². The molecule has 0 atom stereocenters. The van der Waals surface area contributed by atoms with E-state index in [1.807, 2.05) is 17.0 Å². The van der Waals surface area contributed by atoms with Gasteiger partial charge in [-0.15, -0.1) is 0 Å². The van der Waals surface area contributed by atoms with Crippen LogP contribution in [0.1, 0.15) is 43.0 Å². The van der Waals surface area contributed by atoms with Crippen LogP contribution in [0.25, 0.3) is 0 Å². The molecule has 2 saturated heterocycles. The smallest absolute Gasteiger partial charge is 0.318 e. The highest BCUT2D eigenvalue weighted by Gasteiger charge is 2.29. The highest BCUT2D eigenvalue weighted by atomic mass is 16.5. The molecule has 0 radical (unpaired) electrons. The van der Waals surface area contributed by atoms with Gasteiger partial charge in [-0.1, -0.05) is 20.4 Å². The molecule has 2 fully saturated rings. The molecule has 0 saturated carbocycles. The average molecular weight is 551 g/mol. The van der Waals surface area contributed by atoms with Crippen molar-refractivity contribution in [3.63, 3.8) is 0 Å². The number of morpholine rings is 1. The number of amides is 1. The van der Waals surface area contributed by atoms with Gasteiger partial charge in [0, 0.05) is 69.7 Å². The van der Waals surface area contributed by atoms with E-state index in [1.165, 1.54) is 6.08 Å². The molecule has 0 unspecified atom stereocenters. The lowest BCUT2D eigenvalue weighted by molar-refractivity contribution is -0.126. The van der Waals surface area contributed by atoms with E-state index in [9.17, 15) is 9.90 Å². The molecule has 3 aliphatic heterocycles. The Morgan fingerprint density at radius 1 is 1.07 bits per heavy atom. The number of anilines is 2. The topological polar surface area (TPSA) is 94.5 Å². The Balaban J connectivity index is 1.35. The fraction of sp³-hybridized carbons (Fsp3) is 0.567. The molecule has 3 aliphatic rings. The maximum Gasteiger partial charge on any atom is 0.318 e. The monoisotopic (exact) mass is 550 g/mol. The number of ether oxygens (including phenoxy) is 2. The Morgan fingerprint density at radius 2 is 1.85 bits per heavy atom. The predicted octanol–water partition coefficient (Wildman–Crippen LogP) is 2.80. The third kappa shape index (κ3) is 6.67. The fourth-order valence-electron chi connectivity index (χ4n) is 5.61. The van der Waals surface area contributed by atoms with Gasteiger partial charge < -0.3 is 29.3 Å². The van der Waals surface area contributed by atoms with Gasteiger partial charge >= 0.3 is 6.01 Å². The first-order valence-corrected chi connectivity index (χ1v) is 14.5. The van der Waals surface area contributed by atoms with Gasteiger partial charge in [-0.3, -0.25) is 9.69 Å². The van der Waals surface area contributed by atoms with Gasteiger partial charge in [0.05, 0.1) is 32.1 Å². The molecule has 1 aromatic carbocycles. The van der Waals surface area contributed by atoms with Gasteiger partial charge in [-0.25, -0.2) is 0 Å². The van der Waals surface area contributed by atoms with Gasteiger partial charge in [-0.05, 0) is 42.5 Å². The second-order valence-corrected chi connectivity index (χ2v) is 11.0. The van der Waals surface area contributed by atoms with E-state index in [1.54, 1.807) is 0 Å². The molecule has 1 N–H and O–H groups in total. The summed E-state index contributed by atoms with van der Waals surface area (Å²) >= 11 is 0. The van der Waals surface area contributed by atoms with E-state index < -0.39 is 0 Å². The summed E-state index contributed by atoms with van der Waals surface area (Å²) in [7, 11) is 0. The van der Waals surface area contributed by atoms with Crippen molar-refractivity contribution >= 4 is 17.4 Å². The summed E-state index contributed by atoms with van der Waals surface area (Å²) in [5.41, 5.74) is 4.21. The van der Waals surface area contributed by atoms with Crippen LogP contribution in [0.4, 0.5) is 11.5 Å². The first kappa shape index (κ1) is 28.2. The lowest BCUT2D eigenvalue weighted by atomic mass is 10.00. The van der Waals surface area contributed by atoms with Crippen molar-refractivity contribution in [1.29, 1.82) is 0 Å². The molecule has 1 amide bonds. The molecule has 5 rings (SSSR count). The summed E-state index contributed by atoms with van der Waals surface area (Å²) in [6.45, 7) is 17.0. The SMILES string of the molecule is C=CC(=O)N1CCN(c2nc(OCCCN3CCOCC3)nc3c2CCN(c2cc(O)cc(C(C)C)c2)C3)CC1. The molecule has 2 aromatic rings. The third-order valence-electron chi connectivity index (χ3n) is 8.00. The second kappa shape index (κ2) is 12.9. The number of carbonyl (C=O) groups excluding carboxylic acids is 1. The predicted molar refractivity (Wildman–Crippen MR) is 155 cm³/mol. The molecule has 0 aliphatic carbocycles. The van der Waals surface area contributed by atoms with Crippen molar-refractivity contribution in [3.8, 4) is 11.8 Å². The standard InChI is InChI=1S/C30H42N6O4/c1-4-28(38)34-9-11-35(12-10-34)29-26-6-8-36(24-18-23(22(2)3)19-25(37)20-24)21-27(26)31-30(32-29)40-15-5-7-33-13-16-39-17-14-33/h4,18-20,22,37H,1,5-17,21H2,2-3H3. The van der Waals surface area contributed by atoms with Crippen LogP contribution in [0.2, 0.25) is 0 Å². The molecular formula is C30H42N6O4. The van der Waals surface area contributed by atoms with Crippen LogP contribution in [-0.2, 0) is 22.5 Å². The van der Waals surface area contributed by atoms with Crippen LogP contribution >= 0.6 is 0 Å². The van der Waals surface area contributed by atoms with Crippen molar-refractivity contribution in [2.75, 3.05) is 82.0 Å². The summed E-state index contributed by atoms with van der Waals surface area (Å²) in [5, 5.41) is 10.4. The minimum Gasteiger partial charge on any atom is -0.508 e. The third-order valence-corrected chi connectivity index (χ3v) is 8.00. The van der Waals surface area contributed by atoms with Gasteiger partial charge in [0.15, 0.2) is 0 Å². The van der Waals surface area contributed by atoms with Crippen molar-refractivity contribution in [2.45, 2.75) is 39.2 Å². The Bertz CT molecular complexity index is 1190. The average Bonchev–Trinajstić information content (AvgIpc) is 2.98. The van der Waals surface area contributed by atoms with Crippen LogP contribution in [0, 0.1) is 0 Å². The number of phenolic OH excluding ortho intramolecular Hbond substituents is 1. The van der Waals surface area contributed by atoms with Crippen molar-refractivity contribution in [3.05, 3.63) is 47.7 Å². The lowest BCUT2D eigenvalue weighted by Crippen LogP contribution is -2.49. The minimum absolute atomic E-state index is 0.0313. The highest BCUT2D eigenvalue weighted by Crippen LogP contribution is 2.34. The summed E-state index contributed by atoms with van der Waals surface area (Å²) in [4.78, 5) is 30.7. The zero-order valence-electron chi connectivity index (χ0n) is 23.8. The molecule has 1 aromatic heterocycles. The van der Waals surface area contributed by atoms with Crippen molar-refractivity contribution in [2.24, 2.45) is 0 Å². The highest BCUT2D eigenvalue weighted by molar-refractivity contribution is 5.87. The van der Waals surface area contributed by atoms with Crippen molar-refractivity contribution < 1.29 is 19.4 Å². The normalized spacial score (nSPS) is 18.1. The molecule has 10 nitrogen and oxygen atoms in total. The molecule has 0 spiro atoms. The summed E-state index contributed by atoms with van der Waals surface area (Å²) in [6.07, 6.45) is 3.07. The number of rotatable bonds is 9. The molecular weight excluding hydrogens is 508 g/mol. The van der Waals surface area contributed by atoms with E-state index in [0.717, 1.165) is 80.6 Å². The van der Waals surface area contributed by atoms with Crippen LogP contribution in [0.3, 0.4) is 0 Å². The summed E-state index contributed by atoms with van der Waals surface area (Å²) < 4.78 is 11.6. The van der Waals surface area contributed by atoms with Crippen LogP contribution in [0.15, 0.2) is 30.9 Å². The number of nitrogens with zero attached hydrogens (tertiary/aromatic N) is 6. The Kier molecular flexibility index (Phi) is 9.06. The van der Waals surface area contributed by atoms with E-state index in [-0.39, 0.29) is 11.7 Å². The molecule has 0 bridgehead atoms. The van der Waals surface area contributed by atoms with E-state index >= 15 is 0 Å². The molecule has 10 heteroatoms. The quantitative estimate of drug-likeness (QED) is 0.374. The number of fused-ring (bicyclic) bond motifs is 1. The molecule has 40 heavy (non-hydrogen) atoms. The fourth-order valence-corrected chi connectivity index (χ4v) is 5.61. The van der Waals surface area contributed by atoms with Gasteiger partial charge in [0.1, 0.15) is 11.6 Å². The van der Waals surface area contributed by atoms with Crippen molar-refractivity contribution in [1.82, 2.24) is 19.8 Å². The maximum atomic E-state index is 12.1. The first-order valence-electron chi connectivity index (χ1n) is 14.5. The van der Waals surface area contributed by atoms with Crippen LogP contribution < -0.4 is 14.5 Å². The van der Waals surface area contributed by atoms with E-state index in [2.05, 4.69) is 41.2 Å². The first-order chi connectivity index (χ1) is 19.4. The Morgan fingerprint density at radius 3 is 2.58 bits per heavy atom. The maximum absolute atomic E-state index is 12.1. The zero-order valence-corrected chi connectivity index (χ0v) is 23.8.